The number of hydrogen-bond donors (Lipinski definition) is 6. The van der Waals surface area contributed by atoms with Crippen LogP contribution in [0.15, 0.2) is 10.2 Å². The summed E-state index contributed by atoms with van der Waals surface area (Å²) in [4.78, 5) is 0. The average Bonchev–Trinajstić information content (AvgIpc) is 2.46. The molecule has 2 atom stereocenters. The van der Waals surface area contributed by atoms with Gasteiger partial charge in [-0.2, -0.15) is 0 Å². The summed E-state index contributed by atoms with van der Waals surface area (Å²) >= 11 is 0. The van der Waals surface area contributed by atoms with Crippen molar-refractivity contribution in [3.05, 3.63) is 0 Å². The Bertz CT molecular complexity index is 282. The summed E-state index contributed by atoms with van der Waals surface area (Å²) in [5.74, 6) is 0.933. The predicted octanol–water partition coefficient (Wildman–Crippen LogP) is -3.26. The number of nitrogens with two attached hydrogens (primary N) is 2. The van der Waals surface area contributed by atoms with Crippen molar-refractivity contribution in [3.8, 4) is 0 Å². The molecule has 0 bridgehead atoms. The van der Waals surface area contributed by atoms with E-state index in [4.69, 9.17) is 11.5 Å². The van der Waals surface area contributed by atoms with Gasteiger partial charge >= 0.3 is 0 Å². The minimum Gasteiger partial charge on any atom is -0.384 e. The lowest BCUT2D eigenvalue weighted by Crippen LogP contribution is -2.55. The first-order valence-electron chi connectivity index (χ1n) is 6.32. The molecule has 2 fully saturated rings. The van der Waals surface area contributed by atoms with Gasteiger partial charge in [-0.05, 0) is 0 Å². The van der Waals surface area contributed by atoms with Crippen LogP contribution in [0.5, 0.6) is 0 Å². The van der Waals surface area contributed by atoms with Crippen molar-refractivity contribution < 1.29 is 0 Å². The zero-order chi connectivity index (χ0) is 12.8. The molecule has 2 aliphatic rings. The minimum absolute atomic E-state index is 0.0349. The van der Waals surface area contributed by atoms with Crippen LogP contribution in [0, 0.1) is 0 Å². The monoisotopic (exact) mass is 254 g/mol. The minimum atomic E-state index is 0.0349. The number of amidine groups is 2. The van der Waals surface area contributed by atoms with Crippen molar-refractivity contribution in [3.63, 3.8) is 0 Å². The van der Waals surface area contributed by atoms with E-state index in [1.54, 1.807) is 0 Å². The Morgan fingerprint density at radius 1 is 0.778 bits per heavy atom. The van der Waals surface area contributed by atoms with Gasteiger partial charge in [0.05, 0.1) is 12.1 Å². The maximum absolute atomic E-state index is 5.88. The maximum Gasteiger partial charge on any atom is 0.140 e. The standard InChI is InChI=1S/C10H22N8/c11-9(7-5-13-1-3-15-7)17-18-10(12)8-6-14-2-4-16-8/h7-8,13-16H,1-6H2,(H2,11,17)(H2,12,18). The van der Waals surface area contributed by atoms with E-state index in [0.717, 1.165) is 39.3 Å². The molecule has 0 radical (unpaired) electrons. The number of rotatable bonds is 3. The van der Waals surface area contributed by atoms with E-state index >= 15 is 0 Å². The molecule has 18 heavy (non-hydrogen) atoms. The third-order valence-corrected chi connectivity index (χ3v) is 3.08. The molecule has 0 aliphatic carbocycles. The first kappa shape index (κ1) is 13.2. The Balaban J connectivity index is 1.89. The summed E-state index contributed by atoms with van der Waals surface area (Å²) < 4.78 is 0. The second-order valence-corrected chi connectivity index (χ2v) is 4.47. The summed E-state index contributed by atoms with van der Waals surface area (Å²) in [6.07, 6.45) is 0. The first-order chi connectivity index (χ1) is 8.77. The molecule has 0 amide bonds. The Hall–Kier alpha value is -1.22. The van der Waals surface area contributed by atoms with Gasteiger partial charge in [-0.1, -0.05) is 0 Å². The van der Waals surface area contributed by atoms with Gasteiger partial charge < -0.3 is 32.7 Å². The molecule has 0 saturated carbocycles. The highest BCUT2D eigenvalue weighted by atomic mass is 15.3. The van der Waals surface area contributed by atoms with Crippen LogP contribution in [0.4, 0.5) is 0 Å². The Morgan fingerprint density at radius 3 is 1.56 bits per heavy atom. The van der Waals surface area contributed by atoms with Gasteiger partial charge in [-0.25, -0.2) is 0 Å². The van der Waals surface area contributed by atoms with Crippen LogP contribution in [-0.2, 0) is 0 Å². The number of nitrogens with one attached hydrogen (secondary N) is 4. The van der Waals surface area contributed by atoms with Gasteiger partial charge in [-0.3, -0.25) is 0 Å². The summed E-state index contributed by atoms with van der Waals surface area (Å²) in [6.45, 7) is 5.21. The zero-order valence-electron chi connectivity index (χ0n) is 10.4. The molecular weight excluding hydrogens is 232 g/mol. The molecule has 2 unspecified atom stereocenters. The normalized spacial score (nSPS) is 31.3. The molecule has 2 heterocycles. The van der Waals surface area contributed by atoms with Crippen LogP contribution in [-0.4, -0.2) is 63.0 Å². The molecule has 0 spiro atoms. The topological polar surface area (TPSA) is 125 Å². The van der Waals surface area contributed by atoms with Crippen LogP contribution in [0.2, 0.25) is 0 Å². The molecular formula is C10H22N8. The van der Waals surface area contributed by atoms with Crippen LogP contribution < -0.4 is 32.7 Å². The molecule has 2 rings (SSSR count). The Morgan fingerprint density at radius 2 is 1.22 bits per heavy atom. The van der Waals surface area contributed by atoms with Crippen molar-refractivity contribution in [2.75, 3.05) is 39.3 Å². The molecule has 8 heteroatoms. The molecule has 0 aromatic heterocycles. The van der Waals surface area contributed by atoms with Gasteiger partial charge in [0.2, 0.25) is 0 Å². The average molecular weight is 254 g/mol. The number of hydrogen-bond acceptors (Lipinski definition) is 6. The van der Waals surface area contributed by atoms with Crippen LogP contribution in [0.25, 0.3) is 0 Å². The molecule has 0 aromatic rings. The lowest BCUT2D eigenvalue weighted by Gasteiger charge is -2.24. The fourth-order valence-electron chi connectivity index (χ4n) is 1.98. The predicted molar refractivity (Wildman–Crippen MR) is 72.6 cm³/mol. The van der Waals surface area contributed by atoms with Gasteiger partial charge in [0, 0.05) is 39.3 Å². The van der Waals surface area contributed by atoms with Gasteiger partial charge in [-0.15, -0.1) is 10.2 Å². The molecule has 102 valence electrons. The molecule has 8 N–H and O–H groups in total. The Labute approximate surface area is 107 Å². The SMILES string of the molecule is NC(=NN=C(N)C1CNCCN1)C1CNCCN1. The molecule has 8 nitrogen and oxygen atoms in total. The summed E-state index contributed by atoms with van der Waals surface area (Å²) in [5.41, 5.74) is 11.8. The van der Waals surface area contributed by atoms with E-state index in [1.165, 1.54) is 0 Å². The highest BCUT2D eigenvalue weighted by molar-refractivity contribution is 5.89. The highest BCUT2D eigenvalue weighted by Crippen LogP contribution is 1.92. The smallest absolute Gasteiger partial charge is 0.140 e. The first-order valence-corrected chi connectivity index (χ1v) is 6.32. The van der Waals surface area contributed by atoms with Crippen molar-refractivity contribution in [1.29, 1.82) is 0 Å². The number of nitrogens with zero attached hydrogens (tertiary/aromatic N) is 2. The fraction of sp³-hybridized carbons (Fsp3) is 0.800. The van der Waals surface area contributed by atoms with Crippen LogP contribution in [0.3, 0.4) is 0 Å². The molecule has 0 aromatic carbocycles. The highest BCUT2D eigenvalue weighted by Gasteiger charge is 2.17. The lowest BCUT2D eigenvalue weighted by atomic mass is 10.2. The van der Waals surface area contributed by atoms with E-state index in [9.17, 15) is 0 Å². The number of piperazine rings is 2. The van der Waals surface area contributed by atoms with Gasteiger partial charge in [0.15, 0.2) is 0 Å². The second kappa shape index (κ2) is 6.64. The third-order valence-electron chi connectivity index (χ3n) is 3.08. The van der Waals surface area contributed by atoms with E-state index in [-0.39, 0.29) is 12.1 Å². The van der Waals surface area contributed by atoms with Crippen molar-refractivity contribution in [2.45, 2.75) is 12.1 Å². The maximum atomic E-state index is 5.88. The van der Waals surface area contributed by atoms with Gasteiger partial charge in [0.25, 0.3) is 0 Å². The molecule has 2 aliphatic heterocycles. The summed E-state index contributed by atoms with van der Waals surface area (Å²) in [6, 6.07) is 0.0699. The quantitative estimate of drug-likeness (QED) is 0.178. The second-order valence-electron chi connectivity index (χ2n) is 4.47. The van der Waals surface area contributed by atoms with Crippen LogP contribution >= 0.6 is 0 Å². The zero-order valence-corrected chi connectivity index (χ0v) is 10.4. The summed E-state index contributed by atoms with van der Waals surface area (Å²) in [7, 11) is 0. The van der Waals surface area contributed by atoms with Gasteiger partial charge in [0.1, 0.15) is 11.7 Å². The van der Waals surface area contributed by atoms with Crippen molar-refractivity contribution in [2.24, 2.45) is 21.7 Å². The van der Waals surface area contributed by atoms with E-state index in [1.807, 2.05) is 0 Å². The fourth-order valence-corrected chi connectivity index (χ4v) is 1.98. The summed E-state index contributed by atoms with van der Waals surface area (Å²) in [5, 5.41) is 21.0. The van der Waals surface area contributed by atoms with Crippen LogP contribution in [0.1, 0.15) is 0 Å². The largest absolute Gasteiger partial charge is 0.384 e. The van der Waals surface area contributed by atoms with E-state index < -0.39 is 0 Å². The van der Waals surface area contributed by atoms with Crippen molar-refractivity contribution in [1.82, 2.24) is 21.3 Å². The van der Waals surface area contributed by atoms with E-state index in [0.29, 0.717) is 11.7 Å². The lowest BCUT2D eigenvalue weighted by molar-refractivity contribution is 0.483. The Kier molecular flexibility index (Phi) is 4.88. The third kappa shape index (κ3) is 3.64. The molecule has 2 saturated heterocycles. The van der Waals surface area contributed by atoms with E-state index in [2.05, 4.69) is 31.5 Å². The van der Waals surface area contributed by atoms with Crippen molar-refractivity contribution >= 4 is 11.7 Å².